The highest BCUT2D eigenvalue weighted by Crippen LogP contribution is 2.35. The second-order valence-electron chi connectivity index (χ2n) is 4.87. The number of rotatable bonds is 2. The number of anilines is 1. The van der Waals surface area contributed by atoms with E-state index in [-0.39, 0.29) is 0 Å². The maximum atomic E-state index is 9.62. The molecule has 106 valence electrons. The molecule has 0 aliphatic rings. The fourth-order valence-corrected chi connectivity index (χ4v) is 2.73. The predicted molar refractivity (Wildman–Crippen MR) is 83.8 cm³/mol. The molecule has 0 fully saturated rings. The van der Waals surface area contributed by atoms with Crippen molar-refractivity contribution >= 4 is 11.3 Å². The largest absolute Gasteiger partial charge is 0.395 e. The van der Waals surface area contributed by atoms with Gasteiger partial charge in [-0.05, 0) is 17.5 Å². The van der Waals surface area contributed by atoms with Gasteiger partial charge in [-0.1, -0.05) is 31.2 Å². The normalized spacial score (nSPS) is 10.3. The number of pyridine rings is 1. The molecular formula is C17H13N5. The van der Waals surface area contributed by atoms with E-state index in [1.54, 1.807) is 16.8 Å². The van der Waals surface area contributed by atoms with Crippen LogP contribution in [0.15, 0.2) is 36.7 Å². The van der Waals surface area contributed by atoms with E-state index in [1.807, 2.05) is 31.2 Å². The Hall–Kier alpha value is -3.31. The van der Waals surface area contributed by atoms with Gasteiger partial charge in [-0.15, -0.1) is 0 Å². The fraction of sp³-hybridized carbons (Fsp3) is 0.118. The van der Waals surface area contributed by atoms with Crippen molar-refractivity contribution in [2.75, 3.05) is 5.73 Å². The average Bonchev–Trinajstić information content (AvgIpc) is 3.04. The average molecular weight is 287 g/mol. The van der Waals surface area contributed by atoms with Crippen LogP contribution in [0, 0.1) is 22.7 Å². The summed E-state index contributed by atoms with van der Waals surface area (Å²) >= 11 is 0. The maximum absolute atomic E-state index is 9.62. The summed E-state index contributed by atoms with van der Waals surface area (Å²) in [6.45, 7) is 2.04. The van der Waals surface area contributed by atoms with Crippen molar-refractivity contribution in [2.24, 2.45) is 0 Å². The van der Waals surface area contributed by atoms with Crippen LogP contribution in [-0.2, 0) is 6.42 Å². The molecule has 1 aromatic carbocycles. The highest BCUT2D eigenvalue weighted by molar-refractivity contribution is 5.88. The van der Waals surface area contributed by atoms with Gasteiger partial charge in [0.05, 0.1) is 11.3 Å². The summed E-state index contributed by atoms with van der Waals surface area (Å²) in [4.78, 5) is 4.15. The Morgan fingerprint density at radius 1 is 1.23 bits per heavy atom. The highest BCUT2D eigenvalue weighted by atomic mass is 15.0. The van der Waals surface area contributed by atoms with Crippen molar-refractivity contribution in [2.45, 2.75) is 13.3 Å². The molecule has 3 aromatic rings. The zero-order chi connectivity index (χ0) is 15.7. The van der Waals surface area contributed by atoms with Gasteiger partial charge in [-0.3, -0.25) is 4.40 Å². The standard InChI is InChI=1S/C17H13N5/c1-2-11-5-3-4-6-12(11)15-13(9-18)16(20)17-21-7-8-22(17)14(15)10-19/h3-8H,2,20H2,1H3. The van der Waals surface area contributed by atoms with Crippen LogP contribution in [0.3, 0.4) is 0 Å². The Balaban J connectivity index is 2.53. The van der Waals surface area contributed by atoms with Crippen molar-refractivity contribution in [3.05, 3.63) is 53.5 Å². The number of aryl methyl sites for hydroxylation is 1. The number of fused-ring (bicyclic) bond motifs is 1. The van der Waals surface area contributed by atoms with E-state index < -0.39 is 0 Å². The number of imidazole rings is 1. The number of aromatic nitrogens is 2. The molecule has 5 nitrogen and oxygen atoms in total. The molecule has 2 aromatic heterocycles. The molecule has 0 amide bonds. The molecule has 0 radical (unpaired) electrons. The predicted octanol–water partition coefficient (Wildman–Crippen LogP) is 2.89. The molecule has 2 N–H and O–H groups in total. The van der Waals surface area contributed by atoms with Gasteiger partial charge in [0.2, 0.25) is 0 Å². The lowest BCUT2D eigenvalue weighted by Crippen LogP contribution is -2.05. The van der Waals surface area contributed by atoms with E-state index in [0.29, 0.717) is 28.2 Å². The lowest BCUT2D eigenvalue weighted by atomic mass is 9.92. The molecule has 0 aliphatic carbocycles. The monoisotopic (exact) mass is 287 g/mol. The minimum atomic E-state index is 0.299. The Kier molecular flexibility index (Phi) is 3.25. The molecule has 0 atom stereocenters. The van der Waals surface area contributed by atoms with Crippen LogP contribution in [0.25, 0.3) is 16.8 Å². The second-order valence-corrected chi connectivity index (χ2v) is 4.87. The van der Waals surface area contributed by atoms with Gasteiger partial charge < -0.3 is 5.73 Å². The highest BCUT2D eigenvalue weighted by Gasteiger charge is 2.21. The van der Waals surface area contributed by atoms with Crippen molar-refractivity contribution in [3.8, 4) is 23.3 Å². The summed E-state index contributed by atoms with van der Waals surface area (Å²) in [5.41, 5.74) is 10.0. The van der Waals surface area contributed by atoms with Crippen LogP contribution in [-0.4, -0.2) is 9.38 Å². The molecular weight excluding hydrogens is 274 g/mol. The summed E-state index contributed by atoms with van der Waals surface area (Å²) in [6, 6.07) is 12.1. The van der Waals surface area contributed by atoms with Gasteiger partial charge in [0.25, 0.3) is 0 Å². The molecule has 0 saturated carbocycles. The molecule has 0 unspecified atom stereocenters. The van der Waals surface area contributed by atoms with Crippen LogP contribution in [0.4, 0.5) is 5.69 Å². The van der Waals surface area contributed by atoms with Gasteiger partial charge in [0.15, 0.2) is 5.65 Å². The third-order valence-corrected chi connectivity index (χ3v) is 3.76. The molecule has 0 saturated heterocycles. The third kappa shape index (κ3) is 1.81. The molecule has 22 heavy (non-hydrogen) atoms. The quantitative estimate of drug-likeness (QED) is 0.784. The maximum Gasteiger partial charge on any atom is 0.162 e. The van der Waals surface area contributed by atoms with Gasteiger partial charge >= 0.3 is 0 Å². The first-order chi connectivity index (χ1) is 10.7. The molecule has 0 aliphatic heterocycles. The number of hydrogen-bond acceptors (Lipinski definition) is 4. The van der Waals surface area contributed by atoms with E-state index >= 15 is 0 Å². The van der Waals surface area contributed by atoms with Gasteiger partial charge in [0.1, 0.15) is 17.8 Å². The fourth-order valence-electron chi connectivity index (χ4n) is 2.73. The Bertz CT molecular complexity index is 954. The Labute approximate surface area is 127 Å². The Morgan fingerprint density at radius 3 is 2.68 bits per heavy atom. The number of nitrogen functional groups attached to an aromatic ring is 1. The lowest BCUT2D eigenvalue weighted by Gasteiger charge is -2.14. The molecule has 0 spiro atoms. The van der Waals surface area contributed by atoms with Crippen LogP contribution in [0.5, 0.6) is 0 Å². The van der Waals surface area contributed by atoms with Crippen LogP contribution in [0.2, 0.25) is 0 Å². The van der Waals surface area contributed by atoms with E-state index in [4.69, 9.17) is 5.73 Å². The molecule has 2 heterocycles. The van der Waals surface area contributed by atoms with Crippen molar-refractivity contribution in [1.29, 1.82) is 10.5 Å². The minimum absolute atomic E-state index is 0.299. The molecule has 5 heteroatoms. The summed E-state index contributed by atoms with van der Waals surface area (Å²) in [7, 11) is 0. The van der Waals surface area contributed by atoms with Crippen molar-refractivity contribution in [1.82, 2.24) is 9.38 Å². The van der Waals surface area contributed by atoms with E-state index in [0.717, 1.165) is 17.5 Å². The first-order valence-electron chi connectivity index (χ1n) is 6.89. The van der Waals surface area contributed by atoms with Crippen LogP contribution in [0.1, 0.15) is 23.7 Å². The van der Waals surface area contributed by atoms with Gasteiger partial charge in [0, 0.05) is 18.0 Å². The number of benzene rings is 1. The van der Waals surface area contributed by atoms with E-state index in [2.05, 4.69) is 17.1 Å². The van der Waals surface area contributed by atoms with Crippen molar-refractivity contribution < 1.29 is 0 Å². The first kappa shape index (κ1) is 13.7. The number of hydrogen-bond donors (Lipinski definition) is 1. The zero-order valence-electron chi connectivity index (χ0n) is 12.0. The number of nitrogens with zero attached hydrogens (tertiary/aromatic N) is 4. The SMILES string of the molecule is CCc1ccccc1-c1c(C#N)c(N)c2nccn2c1C#N. The summed E-state index contributed by atoms with van der Waals surface area (Å²) in [5, 5.41) is 19.2. The van der Waals surface area contributed by atoms with Crippen molar-refractivity contribution in [3.63, 3.8) is 0 Å². The van der Waals surface area contributed by atoms with Gasteiger partial charge in [-0.25, -0.2) is 4.98 Å². The number of nitrogens with two attached hydrogens (primary N) is 1. The second kappa shape index (κ2) is 5.23. The topological polar surface area (TPSA) is 90.9 Å². The molecule has 0 bridgehead atoms. The summed E-state index contributed by atoms with van der Waals surface area (Å²) in [5.74, 6) is 0. The van der Waals surface area contributed by atoms with Crippen LogP contribution < -0.4 is 5.73 Å². The van der Waals surface area contributed by atoms with E-state index in [1.165, 1.54) is 0 Å². The smallest absolute Gasteiger partial charge is 0.162 e. The Morgan fingerprint density at radius 2 is 2.00 bits per heavy atom. The number of nitriles is 2. The van der Waals surface area contributed by atoms with Gasteiger partial charge in [-0.2, -0.15) is 10.5 Å². The van der Waals surface area contributed by atoms with Crippen LogP contribution >= 0.6 is 0 Å². The van der Waals surface area contributed by atoms with E-state index in [9.17, 15) is 10.5 Å². The molecule has 3 rings (SSSR count). The third-order valence-electron chi connectivity index (χ3n) is 3.76. The first-order valence-corrected chi connectivity index (χ1v) is 6.89. The minimum Gasteiger partial charge on any atom is -0.395 e. The zero-order valence-corrected chi connectivity index (χ0v) is 12.0. The summed E-state index contributed by atoms with van der Waals surface area (Å²) < 4.78 is 1.64. The summed E-state index contributed by atoms with van der Waals surface area (Å²) in [6.07, 6.45) is 4.06. The lowest BCUT2D eigenvalue weighted by molar-refractivity contribution is 1.12.